The van der Waals surface area contributed by atoms with E-state index in [2.05, 4.69) is 211 Å². The van der Waals surface area contributed by atoms with Crippen LogP contribution in [-0.2, 0) is 27.1 Å². The Morgan fingerprint density at radius 3 is 1.34 bits per heavy atom. The zero-order valence-corrected chi connectivity index (χ0v) is 35.2. The van der Waals surface area contributed by atoms with Crippen LogP contribution >= 0.6 is 0 Å². The molecule has 3 heteroatoms. The van der Waals surface area contributed by atoms with Crippen LogP contribution in [0.4, 0.5) is 34.1 Å². The number of hydrogen-bond acceptors (Lipinski definition) is 2. The summed E-state index contributed by atoms with van der Waals surface area (Å²) in [5.74, 6) is 0. The van der Waals surface area contributed by atoms with Gasteiger partial charge >= 0.3 is 0 Å². The summed E-state index contributed by atoms with van der Waals surface area (Å²) in [5.41, 5.74) is 18.4. The van der Waals surface area contributed by atoms with Crippen molar-refractivity contribution in [3.05, 3.63) is 125 Å². The van der Waals surface area contributed by atoms with Crippen molar-refractivity contribution in [1.29, 1.82) is 0 Å². The molecule has 2 aliphatic heterocycles. The molecule has 274 valence electrons. The lowest BCUT2D eigenvalue weighted by Crippen LogP contribution is -2.61. The molecule has 0 N–H and O–H groups in total. The Morgan fingerprint density at radius 2 is 0.792 bits per heavy atom. The predicted molar refractivity (Wildman–Crippen MR) is 234 cm³/mol. The summed E-state index contributed by atoms with van der Waals surface area (Å²) in [6, 6.07) is 38.3. The highest BCUT2D eigenvalue weighted by atomic mass is 15.2. The second kappa shape index (κ2) is 12.1. The number of benzene rings is 5. The molecule has 0 amide bonds. The first-order chi connectivity index (χ1) is 24.4. The van der Waals surface area contributed by atoms with E-state index in [4.69, 9.17) is 0 Å². The van der Waals surface area contributed by atoms with Crippen LogP contribution in [0, 0.1) is 0 Å². The van der Waals surface area contributed by atoms with Crippen LogP contribution in [0.15, 0.2) is 97.1 Å². The minimum Gasteiger partial charge on any atom is -0.311 e. The molecule has 0 saturated carbocycles. The third-order valence-electron chi connectivity index (χ3n) is 11.6. The molecule has 2 heterocycles. The van der Waals surface area contributed by atoms with Crippen LogP contribution in [0.3, 0.4) is 0 Å². The highest BCUT2D eigenvalue weighted by Gasteiger charge is 2.45. The summed E-state index contributed by atoms with van der Waals surface area (Å²) in [6.45, 7) is 35.0. The van der Waals surface area contributed by atoms with Gasteiger partial charge < -0.3 is 9.80 Å². The molecule has 5 aromatic carbocycles. The van der Waals surface area contributed by atoms with Crippen LogP contribution in [-0.4, -0.2) is 6.71 Å². The zero-order valence-electron chi connectivity index (χ0n) is 35.2. The normalized spacial score (nSPS) is 14.6. The summed E-state index contributed by atoms with van der Waals surface area (Å²) >= 11 is 0. The number of hydrogen-bond donors (Lipinski definition) is 0. The number of rotatable bonds is 2. The molecule has 2 aliphatic rings. The summed E-state index contributed by atoms with van der Waals surface area (Å²) < 4.78 is 0. The minimum atomic E-state index is -0.0639. The van der Waals surface area contributed by atoms with Gasteiger partial charge in [0.1, 0.15) is 0 Å². The van der Waals surface area contributed by atoms with Crippen LogP contribution in [0.1, 0.15) is 132 Å². The molecule has 0 aliphatic carbocycles. The average Bonchev–Trinajstić information content (AvgIpc) is 3.05. The van der Waals surface area contributed by atoms with Gasteiger partial charge in [-0.25, -0.2) is 0 Å². The maximum atomic E-state index is 2.60. The van der Waals surface area contributed by atoms with Crippen LogP contribution in [0.25, 0.3) is 0 Å². The van der Waals surface area contributed by atoms with Crippen molar-refractivity contribution in [1.82, 2.24) is 0 Å². The van der Waals surface area contributed by atoms with Gasteiger partial charge in [-0.1, -0.05) is 152 Å². The molecule has 0 unspecified atom stereocenters. The van der Waals surface area contributed by atoms with Gasteiger partial charge in [0.2, 0.25) is 0 Å². The Bertz CT molecular complexity index is 2210. The molecule has 7 rings (SSSR count). The third-order valence-corrected chi connectivity index (χ3v) is 11.6. The molecule has 0 fully saturated rings. The number of anilines is 6. The molecular formula is C50H61BN2. The Morgan fingerprint density at radius 1 is 0.340 bits per heavy atom. The van der Waals surface area contributed by atoms with Crippen molar-refractivity contribution < 1.29 is 0 Å². The molecular weight excluding hydrogens is 639 g/mol. The molecule has 5 aromatic rings. The standard InChI is InChI=1S/C50H61BN2/c1-46(2,3)32-19-23-37(24-20-32)52-41-26-22-34(48(7,8)9)28-40(41)51-39-25-21-35(49(10,11)12)29-42(39)53(38-18-16-17-33(27-38)47(4,5)6)44-31-36(50(13,14)15)30-43(52)45(44)51/h16-31H,1-15H3. The van der Waals surface area contributed by atoms with E-state index in [0.717, 1.165) is 0 Å². The first-order valence-corrected chi connectivity index (χ1v) is 19.7. The monoisotopic (exact) mass is 700 g/mol. The van der Waals surface area contributed by atoms with E-state index in [0.29, 0.717) is 0 Å². The molecule has 0 saturated heterocycles. The van der Waals surface area contributed by atoms with Crippen LogP contribution < -0.4 is 26.2 Å². The lowest BCUT2D eigenvalue weighted by Gasteiger charge is -2.46. The van der Waals surface area contributed by atoms with Gasteiger partial charge in [-0.2, -0.15) is 0 Å². The molecule has 53 heavy (non-hydrogen) atoms. The van der Waals surface area contributed by atoms with E-state index in [1.165, 1.54) is 78.3 Å². The van der Waals surface area contributed by atoms with Crippen molar-refractivity contribution in [3.63, 3.8) is 0 Å². The van der Waals surface area contributed by atoms with Crippen LogP contribution in [0.5, 0.6) is 0 Å². The fourth-order valence-electron chi connectivity index (χ4n) is 8.14. The number of fused-ring (bicyclic) bond motifs is 4. The third kappa shape index (κ3) is 6.53. The minimum absolute atomic E-state index is 0.00649. The molecule has 2 nitrogen and oxygen atoms in total. The lowest BCUT2D eigenvalue weighted by molar-refractivity contribution is 0.589. The Hall–Kier alpha value is -4.24. The highest BCUT2D eigenvalue weighted by Crippen LogP contribution is 2.47. The van der Waals surface area contributed by atoms with Crippen molar-refractivity contribution in [2.75, 3.05) is 9.80 Å². The molecule has 0 bridgehead atoms. The summed E-state index contributed by atoms with van der Waals surface area (Å²) in [4.78, 5) is 5.17. The predicted octanol–water partition coefficient (Wildman–Crippen LogP) is 12.3. The first-order valence-electron chi connectivity index (χ1n) is 19.7. The topological polar surface area (TPSA) is 6.48 Å². The Kier molecular flexibility index (Phi) is 8.50. The second-order valence-electron chi connectivity index (χ2n) is 20.9. The van der Waals surface area contributed by atoms with E-state index in [-0.39, 0.29) is 33.8 Å². The second-order valence-corrected chi connectivity index (χ2v) is 20.9. The highest BCUT2D eigenvalue weighted by molar-refractivity contribution is 7.00. The molecule has 0 radical (unpaired) electrons. The SMILES string of the molecule is CC(C)(C)c1ccc(N2c3ccc(C(C)(C)C)cc3B3c4ccc(C(C)(C)C)cc4N(c4cccc(C(C)(C)C)c4)c4cc(C(C)(C)C)cc2c43)cc1. The maximum Gasteiger partial charge on any atom is 0.252 e. The van der Waals surface area contributed by atoms with E-state index in [9.17, 15) is 0 Å². The van der Waals surface area contributed by atoms with Gasteiger partial charge in [0.25, 0.3) is 6.71 Å². The van der Waals surface area contributed by atoms with E-state index in [1.807, 2.05) is 0 Å². The van der Waals surface area contributed by atoms with Gasteiger partial charge in [-0.3, -0.25) is 0 Å². The van der Waals surface area contributed by atoms with Crippen molar-refractivity contribution in [2.45, 2.75) is 131 Å². The summed E-state index contributed by atoms with van der Waals surface area (Å²) in [7, 11) is 0. The van der Waals surface area contributed by atoms with Gasteiger partial charge in [-0.15, -0.1) is 0 Å². The van der Waals surface area contributed by atoms with Crippen molar-refractivity contribution >= 4 is 57.2 Å². The van der Waals surface area contributed by atoms with Gasteiger partial charge in [0.15, 0.2) is 0 Å². The van der Waals surface area contributed by atoms with E-state index < -0.39 is 0 Å². The molecule has 0 atom stereocenters. The average molecular weight is 701 g/mol. The Balaban J connectivity index is 1.63. The summed E-state index contributed by atoms with van der Waals surface area (Å²) in [5, 5.41) is 0. The fraction of sp³-hybridized carbons (Fsp3) is 0.400. The van der Waals surface area contributed by atoms with Crippen molar-refractivity contribution in [3.8, 4) is 0 Å². The van der Waals surface area contributed by atoms with Gasteiger partial charge in [0.05, 0.1) is 0 Å². The summed E-state index contributed by atoms with van der Waals surface area (Å²) in [6.07, 6.45) is 0. The first kappa shape index (κ1) is 37.1. The van der Waals surface area contributed by atoms with Gasteiger partial charge in [-0.05, 0) is 120 Å². The smallest absolute Gasteiger partial charge is 0.252 e. The largest absolute Gasteiger partial charge is 0.311 e. The number of nitrogens with zero attached hydrogens (tertiary/aromatic N) is 2. The lowest BCUT2D eigenvalue weighted by atomic mass is 9.33. The maximum absolute atomic E-state index is 2.60. The zero-order chi connectivity index (χ0) is 38.6. The van der Waals surface area contributed by atoms with Crippen LogP contribution in [0.2, 0.25) is 0 Å². The molecule has 0 spiro atoms. The quantitative estimate of drug-likeness (QED) is 0.166. The van der Waals surface area contributed by atoms with E-state index >= 15 is 0 Å². The Labute approximate surface area is 321 Å². The van der Waals surface area contributed by atoms with Crippen molar-refractivity contribution in [2.24, 2.45) is 0 Å². The van der Waals surface area contributed by atoms with E-state index in [1.54, 1.807) is 0 Å². The van der Waals surface area contributed by atoms with Gasteiger partial charge in [0, 0.05) is 34.1 Å². The molecule has 0 aromatic heterocycles. The fourth-order valence-corrected chi connectivity index (χ4v) is 8.14.